The molecule has 0 aliphatic carbocycles. The van der Waals surface area contributed by atoms with Crippen LogP contribution in [0.25, 0.3) is 10.8 Å². The molecule has 3 aromatic carbocycles. The number of rotatable bonds is 9. The number of methoxy groups -OCH3 is 1. The third-order valence-electron chi connectivity index (χ3n) is 8.78. The van der Waals surface area contributed by atoms with Crippen molar-refractivity contribution in [2.45, 2.75) is 18.5 Å². The smallest absolute Gasteiger partial charge is 0.247 e. The zero-order chi connectivity index (χ0) is 30.8. The van der Waals surface area contributed by atoms with Gasteiger partial charge in [-0.2, -0.15) is 0 Å². The van der Waals surface area contributed by atoms with Gasteiger partial charge in [0.25, 0.3) is 0 Å². The fraction of sp³-hybridized carbons (Fsp3) is 0.324. The zero-order valence-corrected chi connectivity index (χ0v) is 25.3. The lowest BCUT2D eigenvalue weighted by Crippen LogP contribution is -2.56. The summed E-state index contributed by atoms with van der Waals surface area (Å²) in [6.07, 6.45) is 3.63. The molecule has 0 bridgehead atoms. The van der Waals surface area contributed by atoms with Gasteiger partial charge in [-0.3, -0.25) is 14.5 Å². The molecule has 1 unspecified atom stereocenters. The molecular formula is C34H37N7O4. The summed E-state index contributed by atoms with van der Waals surface area (Å²) in [7, 11) is 1.64. The van der Waals surface area contributed by atoms with Crippen LogP contribution in [0.15, 0.2) is 79.6 Å². The van der Waals surface area contributed by atoms with Gasteiger partial charge < -0.3 is 25.0 Å². The monoisotopic (exact) mass is 607 g/mol. The van der Waals surface area contributed by atoms with E-state index in [1.165, 1.54) is 28.7 Å². The summed E-state index contributed by atoms with van der Waals surface area (Å²) >= 11 is 0. The average Bonchev–Trinajstić information content (AvgIpc) is 3.54. The molecule has 232 valence electrons. The quantitative estimate of drug-likeness (QED) is 0.255. The number of ether oxygens (including phenoxy) is 2. The second-order valence-corrected chi connectivity index (χ2v) is 11.4. The van der Waals surface area contributed by atoms with Crippen LogP contribution in [-0.4, -0.2) is 79.9 Å². The predicted octanol–water partition coefficient (Wildman–Crippen LogP) is 4.91. The molecule has 4 aromatic rings. The molecule has 2 N–H and O–H groups in total. The van der Waals surface area contributed by atoms with Crippen molar-refractivity contribution in [1.82, 2.24) is 14.9 Å². The van der Waals surface area contributed by atoms with Gasteiger partial charge in [-0.1, -0.05) is 49.0 Å². The van der Waals surface area contributed by atoms with Gasteiger partial charge in [0, 0.05) is 44.7 Å². The molecule has 3 fully saturated rings. The number of fused-ring (bicyclic) bond motifs is 1. The van der Waals surface area contributed by atoms with Gasteiger partial charge in [0.2, 0.25) is 5.91 Å². The van der Waals surface area contributed by atoms with Crippen LogP contribution in [0.4, 0.5) is 28.7 Å². The Hall–Kier alpha value is -4.71. The first-order chi connectivity index (χ1) is 22.1. The van der Waals surface area contributed by atoms with E-state index in [-0.39, 0.29) is 11.9 Å². The standard InChI is InChI=1S/C34H37N7O4/c1-3-34(42)38-27-17-28(31(43-2)18-30(27)40-14-12-39(13-15-40)24-20-44-21-24)37-32-19-33(36-22-35-32)41-29(11-16-45-41)26-10-6-8-23-7-4-5-9-25(23)26/h3-10,17-19,22,24,29H,1,11-16,20-21H2,2H3,(H,38,42)(H,35,36,37). The summed E-state index contributed by atoms with van der Waals surface area (Å²) in [6.45, 7) is 9.33. The van der Waals surface area contributed by atoms with Crippen molar-refractivity contribution in [3.8, 4) is 5.75 Å². The van der Waals surface area contributed by atoms with Crippen LogP contribution in [0, 0.1) is 0 Å². The fourth-order valence-corrected chi connectivity index (χ4v) is 6.34. The van der Waals surface area contributed by atoms with E-state index in [2.05, 4.69) is 79.4 Å². The number of nitrogens with zero attached hydrogens (tertiary/aromatic N) is 5. The summed E-state index contributed by atoms with van der Waals surface area (Å²) in [5.41, 5.74) is 3.41. The summed E-state index contributed by atoms with van der Waals surface area (Å²) in [4.78, 5) is 32.4. The Morgan fingerprint density at radius 2 is 1.84 bits per heavy atom. The molecule has 3 aliphatic rings. The number of hydrogen-bond donors (Lipinski definition) is 2. The SMILES string of the molecule is C=CC(=O)Nc1cc(Nc2cc(N3OCCC3c3cccc4ccccc34)ncn2)c(OC)cc1N1CCN(C2COC2)CC1. The lowest BCUT2D eigenvalue weighted by Gasteiger charge is -2.43. The highest BCUT2D eigenvalue weighted by molar-refractivity contribution is 6.02. The van der Waals surface area contributed by atoms with E-state index >= 15 is 0 Å². The molecule has 11 heteroatoms. The molecule has 0 spiro atoms. The van der Waals surface area contributed by atoms with E-state index in [0.29, 0.717) is 41.4 Å². The molecule has 3 saturated heterocycles. The molecule has 3 aliphatic heterocycles. The van der Waals surface area contributed by atoms with Gasteiger partial charge in [-0.05, 0) is 28.5 Å². The van der Waals surface area contributed by atoms with Gasteiger partial charge >= 0.3 is 0 Å². The molecule has 1 amide bonds. The van der Waals surface area contributed by atoms with Crippen molar-refractivity contribution < 1.29 is 19.1 Å². The van der Waals surface area contributed by atoms with Crippen molar-refractivity contribution in [3.63, 3.8) is 0 Å². The summed E-state index contributed by atoms with van der Waals surface area (Å²) in [6, 6.07) is 21.0. The average molecular weight is 608 g/mol. The van der Waals surface area contributed by atoms with Gasteiger partial charge in [0.1, 0.15) is 17.9 Å². The van der Waals surface area contributed by atoms with E-state index in [1.54, 1.807) is 7.11 Å². The number of carbonyl (C=O) groups is 1. The van der Waals surface area contributed by atoms with Crippen LogP contribution in [0.3, 0.4) is 0 Å². The Bertz CT molecular complexity index is 1700. The topological polar surface area (TPSA) is 104 Å². The first-order valence-corrected chi connectivity index (χ1v) is 15.3. The number of amides is 1. The second kappa shape index (κ2) is 12.7. The second-order valence-electron chi connectivity index (χ2n) is 11.4. The van der Waals surface area contributed by atoms with Crippen molar-refractivity contribution in [2.24, 2.45) is 0 Å². The van der Waals surface area contributed by atoms with Crippen molar-refractivity contribution in [2.75, 3.05) is 73.7 Å². The summed E-state index contributed by atoms with van der Waals surface area (Å²) < 4.78 is 11.2. The zero-order valence-electron chi connectivity index (χ0n) is 25.3. The number of anilines is 5. The number of hydrogen-bond acceptors (Lipinski definition) is 10. The maximum atomic E-state index is 12.5. The highest BCUT2D eigenvalue weighted by Gasteiger charge is 2.31. The maximum absolute atomic E-state index is 12.5. The molecule has 0 radical (unpaired) electrons. The Balaban J connectivity index is 1.16. The Morgan fingerprint density at radius 1 is 1.02 bits per heavy atom. The van der Waals surface area contributed by atoms with E-state index in [1.807, 2.05) is 23.3 Å². The molecular weight excluding hydrogens is 570 g/mol. The molecule has 0 saturated carbocycles. The first-order valence-electron chi connectivity index (χ1n) is 15.3. The number of nitrogens with one attached hydrogen (secondary N) is 2. The van der Waals surface area contributed by atoms with Crippen LogP contribution in [0.2, 0.25) is 0 Å². The number of aromatic nitrogens is 2. The van der Waals surface area contributed by atoms with Crippen LogP contribution in [0.1, 0.15) is 18.0 Å². The van der Waals surface area contributed by atoms with Crippen LogP contribution >= 0.6 is 0 Å². The number of carbonyl (C=O) groups excluding carboxylic acids is 1. The van der Waals surface area contributed by atoms with Crippen molar-refractivity contribution in [1.29, 1.82) is 0 Å². The van der Waals surface area contributed by atoms with Crippen molar-refractivity contribution >= 4 is 45.4 Å². The minimum absolute atomic E-state index is 0.00525. The Kier molecular flexibility index (Phi) is 8.21. The number of benzene rings is 3. The predicted molar refractivity (Wildman–Crippen MR) is 175 cm³/mol. The Morgan fingerprint density at radius 3 is 2.62 bits per heavy atom. The lowest BCUT2D eigenvalue weighted by molar-refractivity contribution is -0.111. The van der Waals surface area contributed by atoms with Crippen LogP contribution in [-0.2, 0) is 14.4 Å². The van der Waals surface area contributed by atoms with Crippen molar-refractivity contribution in [3.05, 3.63) is 85.2 Å². The summed E-state index contributed by atoms with van der Waals surface area (Å²) in [5.74, 6) is 1.55. The fourth-order valence-electron chi connectivity index (χ4n) is 6.34. The first kappa shape index (κ1) is 29.0. The van der Waals surface area contributed by atoms with Gasteiger partial charge in [-0.15, -0.1) is 0 Å². The van der Waals surface area contributed by atoms with E-state index < -0.39 is 0 Å². The highest BCUT2D eigenvalue weighted by atomic mass is 16.7. The molecule has 45 heavy (non-hydrogen) atoms. The normalized spacial score (nSPS) is 18.9. The van der Waals surface area contributed by atoms with E-state index in [9.17, 15) is 4.79 Å². The largest absolute Gasteiger partial charge is 0.494 e. The number of hydroxylamine groups is 1. The lowest BCUT2D eigenvalue weighted by atomic mass is 9.97. The maximum Gasteiger partial charge on any atom is 0.247 e. The molecule has 7 rings (SSSR count). The third kappa shape index (κ3) is 5.89. The van der Waals surface area contributed by atoms with E-state index in [0.717, 1.165) is 51.5 Å². The number of piperazine rings is 1. The highest BCUT2D eigenvalue weighted by Crippen LogP contribution is 2.41. The summed E-state index contributed by atoms with van der Waals surface area (Å²) in [5, 5.41) is 10.7. The Labute approximate surface area is 262 Å². The van der Waals surface area contributed by atoms with Gasteiger partial charge in [0.15, 0.2) is 5.82 Å². The van der Waals surface area contributed by atoms with Gasteiger partial charge in [-0.25, -0.2) is 15.0 Å². The van der Waals surface area contributed by atoms with Crippen LogP contribution in [0.5, 0.6) is 5.75 Å². The minimum atomic E-state index is -0.285. The third-order valence-corrected chi connectivity index (χ3v) is 8.78. The minimum Gasteiger partial charge on any atom is -0.494 e. The molecule has 11 nitrogen and oxygen atoms in total. The van der Waals surface area contributed by atoms with Crippen LogP contribution < -0.4 is 25.3 Å². The van der Waals surface area contributed by atoms with E-state index in [4.69, 9.17) is 14.3 Å². The molecule has 4 heterocycles. The molecule has 1 atom stereocenters. The molecule has 1 aromatic heterocycles. The van der Waals surface area contributed by atoms with Gasteiger partial charge in [0.05, 0.1) is 56.1 Å².